The molecule has 1 aromatic heterocycles. The smallest absolute Gasteiger partial charge is 0.153 e. The van der Waals surface area contributed by atoms with Gasteiger partial charge in [0.05, 0.1) is 6.61 Å². The van der Waals surface area contributed by atoms with Crippen molar-refractivity contribution in [2.45, 2.75) is 6.61 Å². The van der Waals surface area contributed by atoms with Gasteiger partial charge in [-0.05, 0) is 30.3 Å². The van der Waals surface area contributed by atoms with E-state index >= 15 is 0 Å². The molecule has 0 radical (unpaired) electrons. The number of rotatable bonds is 3. The van der Waals surface area contributed by atoms with Gasteiger partial charge < -0.3 is 9.84 Å². The van der Waals surface area contributed by atoms with Crippen LogP contribution in [0.25, 0.3) is 10.9 Å². The van der Waals surface area contributed by atoms with Crippen LogP contribution >= 0.6 is 0 Å². The van der Waals surface area contributed by atoms with Gasteiger partial charge in [0.2, 0.25) is 0 Å². The van der Waals surface area contributed by atoms with Gasteiger partial charge in [0.1, 0.15) is 17.1 Å². The molecule has 0 fully saturated rings. The van der Waals surface area contributed by atoms with Crippen molar-refractivity contribution in [3.63, 3.8) is 0 Å². The van der Waals surface area contributed by atoms with Crippen molar-refractivity contribution >= 4 is 10.9 Å². The molecule has 0 saturated heterocycles. The van der Waals surface area contributed by atoms with Crippen molar-refractivity contribution in [1.29, 1.82) is 0 Å². The molecule has 0 bridgehead atoms. The van der Waals surface area contributed by atoms with Gasteiger partial charge in [-0.25, -0.2) is 4.39 Å². The topological polar surface area (TPSA) is 42.4 Å². The summed E-state index contributed by atoms with van der Waals surface area (Å²) in [7, 11) is 0. The first kappa shape index (κ1) is 12.6. The summed E-state index contributed by atoms with van der Waals surface area (Å²) in [6.07, 6.45) is 1.69. The van der Waals surface area contributed by atoms with Crippen LogP contribution in [0.15, 0.2) is 54.7 Å². The predicted molar refractivity (Wildman–Crippen MR) is 74.1 cm³/mol. The lowest BCUT2D eigenvalue weighted by atomic mass is 10.2. The number of para-hydroxylation sites is 1. The molecular formula is C16H12FNO2. The number of aromatic nitrogens is 1. The Hall–Kier alpha value is -2.46. The Kier molecular flexibility index (Phi) is 3.31. The third-order valence-electron chi connectivity index (χ3n) is 3.01. The fourth-order valence-electron chi connectivity index (χ4n) is 2.05. The molecule has 0 aliphatic rings. The summed E-state index contributed by atoms with van der Waals surface area (Å²) in [5.41, 5.74) is 1.13. The lowest BCUT2D eigenvalue weighted by molar-refractivity contribution is 0.276. The number of pyridine rings is 1. The fraction of sp³-hybridized carbons (Fsp3) is 0.0625. The Morgan fingerprint density at radius 1 is 1.05 bits per heavy atom. The number of ether oxygens (including phenoxy) is 1. The van der Waals surface area contributed by atoms with Gasteiger partial charge in [-0.1, -0.05) is 18.2 Å². The van der Waals surface area contributed by atoms with Crippen molar-refractivity contribution < 1.29 is 14.2 Å². The number of hydrogen-bond donors (Lipinski definition) is 1. The van der Waals surface area contributed by atoms with Gasteiger partial charge in [-0.2, -0.15) is 0 Å². The number of aliphatic hydroxyl groups is 1. The van der Waals surface area contributed by atoms with E-state index in [1.165, 1.54) is 18.2 Å². The van der Waals surface area contributed by atoms with Crippen LogP contribution in [0.4, 0.5) is 4.39 Å². The fourth-order valence-corrected chi connectivity index (χ4v) is 2.05. The zero-order chi connectivity index (χ0) is 13.9. The van der Waals surface area contributed by atoms with Crippen molar-refractivity contribution in [3.05, 3.63) is 66.1 Å². The Morgan fingerprint density at radius 3 is 2.75 bits per heavy atom. The molecular weight excluding hydrogens is 257 g/mol. The number of halogens is 1. The molecule has 0 aliphatic carbocycles. The molecule has 0 atom stereocenters. The van der Waals surface area contributed by atoms with Crippen LogP contribution in [0.2, 0.25) is 0 Å². The molecule has 3 rings (SSSR count). The Labute approximate surface area is 115 Å². The lowest BCUT2D eigenvalue weighted by Gasteiger charge is -2.11. The van der Waals surface area contributed by atoms with Crippen molar-refractivity contribution in [3.8, 4) is 11.5 Å². The number of hydrogen-bond acceptors (Lipinski definition) is 3. The molecule has 3 aromatic rings. The van der Waals surface area contributed by atoms with Crippen LogP contribution < -0.4 is 4.74 Å². The van der Waals surface area contributed by atoms with Gasteiger partial charge in [-0.3, -0.25) is 4.98 Å². The number of nitrogens with zero attached hydrogens (tertiary/aromatic N) is 1. The first-order valence-corrected chi connectivity index (χ1v) is 6.19. The summed E-state index contributed by atoms with van der Waals surface area (Å²) in [6.45, 7) is -0.286. The molecule has 0 amide bonds. The maximum atomic E-state index is 13.1. The Bertz CT molecular complexity index is 753. The zero-order valence-electron chi connectivity index (χ0n) is 10.6. The minimum atomic E-state index is -0.405. The molecule has 1 N–H and O–H groups in total. The maximum absolute atomic E-state index is 13.1. The average Bonchev–Trinajstić information content (AvgIpc) is 2.49. The van der Waals surface area contributed by atoms with E-state index in [1.54, 1.807) is 12.3 Å². The second kappa shape index (κ2) is 5.27. The highest BCUT2D eigenvalue weighted by atomic mass is 19.1. The minimum absolute atomic E-state index is 0.286. The second-order valence-corrected chi connectivity index (χ2v) is 4.34. The monoisotopic (exact) mass is 269 g/mol. The zero-order valence-corrected chi connectivity index (χ0v) is 10.6. The molecule has 0 saturated carbocycles. The summed E-state index contributed by atoms with van der Waals surface area (Å²) in [5, 5.41) is 10.2. The van der Waals surface area contributed by atoms with Gasteiger partial charge in [-0.15, -0.1) is 0 Å². The molecule has 20 heavy (non-hydrogen) atoms. The van der Waals surface area contributed by atoms with Crippen molar-refractivity contribution in [1.82, 2.24) is 4.98 Å². The minimum Gasteiger partial charge on any atom is -0.455 e. The van der Waals surface area contributed by atoms with E-state index in [9.17, 15) is 9.50 Å². The summed E-state index contributed by atoms with van der Waals surface area (Å²) in [5.74, 6) is 0.592. The second-order valence-electron chi connectivity index (χ2n) is 4.34. The standard InChI is InChI=1S/C16H12FNO2/c17-13-6-7-14(12(9-13)10-19)20-15-5-1-3-11-4-2-8-18-16(11)15/h1-9,19H,10H2. The average molecular weight is 269 g/mol. The highest BCUT2D eigenvalue weighted by molar-refractivity contribution is 5.84. The molecule has 0 spiro atoms. The van der Waals surface area contributed by atoms with E-state index in [0.717, 1.165) is 10.9 Å². The predicted octanol–water partition coefficient (Wildman–Crippen LogP) is 3.66. The molecule has 4 heteroatoms. The van der Waals surface area contributed by atoms with Gasteiger partial charge in [0.15, 0.2) is 5.75 Å². The van der Waals surface area contributed by atoms with Gasteiger partial charge >= 0.3 is 0 Å². The summed E-state index contributed by atoms with van der Waals surface area (Å²) in [6, 6.07) is 13.4. The van der Waals surface area contributed by atoms with E-state index < -0.39 is 5.82 Å². The first-order chi connectivity index (χ1) is 9.78. The molecule has 0 unspecified atom stereocenters. The van der Waals surface area contributed by atoms with Crippen LogP contribution in [0, 0.1) is 5.82 Å². The highest BCUT2D eigenvalue weighted by Gasteiger charge is 2.08. The SMILES string of the molecule is OCc1cc(F)ccc1Oc1cccc2cccnc12. The molecule has 2 aromatic carbocycles. The van der Waals surface area contributed by atoms with E-state index in [2.05, 4.69) is 4.98 Å². The van der Waals surface area contributed by atoms with Gasteiger partial charge in [0, 0.05) is 17.1 Å². The van der Waals surface area contributed by atoms with Crippen LogP contribution in [-0.4, -0.2) is 10.1 Å². The van der Waals surface area contributed by atoms with Crippen molar-refractivity contribution in [2.75, 3.05) is 0 Å². The molecule has 0 aliphatic heterocycles. The van der Waals surface area contributed by atoms with Crippen LogP contribution in [0.1, 0.15) is 5.56 Å². The summed E-state index contributed by atoms with van der Waals surface area (Å²) in [4.78, 5) is 4.29. The van der Waals surface area contributed by atoms with Crippen molar-refractivity contribution in [2.24, 2.45) is 0 Å². The number of aliphatic hydroxyl groups excluding tert-OH is 1. The van der Waals surface area contributed by atoms with Crippen LogP contribution in [-0.2, 0) is 6.61 Å². The number of benzene rings is 2. The molecule has 3 nitrogen and oxygen atoms in total. The van der Waals surface area contributed by atoms with Crippen LogP contribution in [0.5, 0.6) is 11.5 Å². The largest absolute Gasteiger partial charge is 0.455 e. The first-order valence-electron chi connectivity index (χ1n) is 6.19. The van der Waals surface area contributed by atoms with E-state index in [-0.39, 0.29) is 6.61 Å². The van der Waals surface area contributed by atoms with E-state index in [4.69, 9.17) is 4.74 Å². The normalized spacial score (nSPS) is 10.7. The summed E-state index contributed by atoms with van der Waals surface area (Å²) < 4.78 is 18.9. The highest BCUT2D eigenvalue weighted by Crippen LogP contribution is 2.30. The third kappa shape index (κ3) is 2.33. The Balaban J connectivity index is 2.05. The molecule has 100 valence electrons. The summed E-state index contributed by atoms with van der Waals surface area (Å²) >= 11 is 0. The molecule has 1 heterocycles. The lowest BCUT2D eigenvalue weighted by Crippen LogP contribution is -1.94. The van der Waals surface area contributed by atoms with E-state index in [0.29, 0.717) is 17.1 Å². The Morgan fingerprint density at radius 2 is 1.90 bits per heavy atom. The quantitative estimate of drug-likeness (QED) is 0.789. The van der Waals surface area contributed by atoms with Gasteiger partial charge in [0.25, 0.3) is 0 Å². The third-order valence-corrected chi connectivity index (χ3v) is 3.01. The van der Waals surface area contributed by atoms with Crippen LogP contribution in [0.3, 0.4) is 0 Å². The van der Waals surface area contributed by atoms with E-state index in [1.807, 2.05) is 24.3 Å². The maximum Gasteiger partial charge on any atom is 0.153 e. The number of fused-ring (bicyclic) bond motifs is 1.